The molecule has 0 aliphatic heterocycles. The van der Waals surface area contributed by atoms with Crippen LogP contribution in [-0.2, 0) is 5.41 Å². The third kappa shape index (κ3) is 3.96. The predicted octanol–water partition coefficient (Wildman–Crippen LogP) is 8.98. The molecule has 0 heterocycles. The fourth-order valence-corrected chi connectivity index (χ4v) is 6.94. The Kier molecular flexibility index (Phi) is 6.08. The molecular formula is C30H44. The van der Waals surface area contributed by atoms with Gasteiger partial charge in [0.2, 0.25) is 0 Å². The quantitative estimate of drug-likeness (QED) is 0.479. The van der Waals surface area contributed by atoms with E-state index in [1.165, 1.54) is 84.4 Å². The molecule has 2 aromatic rings. The van der Waals surface area contributed by atoms with Gasteiger partial charge in [0.25, 0.3) is 0 Å². The van der Waals surface area contributed by atoms with E-state index in [2.05, 4.69) is 66.7 Å². The van der Waals surface area contributed by atoms with Crippen LogP contribution < -0.4 is 0 Å². The lowest BCUT2D eigenvalue weighted by molar-refractivity contribution is 0.124. The monoisotopic (exact) mass is 404 g/mol. The number of rotatable bonds is 3. The Morgan fingerprint density at radius 1 is 0.667 bits per heavy atom. The Balaban J connectivity index is 1.54. The summed E-state index contributed by atoms with van der Waals surface area (Å²) in [4.78, 5) is 0. The third-order valence-electron chi connectivity index (χ3n) is 9.53. The molecule has 0 nitrogen and oxygen atoms in total. The predicted molar refractivity (Wildman–Crippen MR) is 132 cm³/mol. The molecular weight excluding hydrogens is 360 g/mol. The second-order valence-corrected chi connectivity index (χ2v) is 11.7. The van der Waals surface area contributed by atoms with Crippen LogP contribution in [0.1, 0.15) is 100.0 Å². The highest BCUT2D eigenvalue weighted by Crippen LogP contribution is 2.47. The summed E-state index contributed by atoms with van der Waals surface area (Å²) in [7, 11) is 0. The van der Waals surface area contributed by atoms with Crippen LogP contribution in [0.3, 0.4) is 0 Å². The summed E-state index contributed by atoms with van der Waals surface area (Å²) in [6.07, 6.45) is 11.7. The van der Waals surface area contributed by atoms with Crippen molar-refractivity contribution in [3.63, 3.8) is 0 Å². The molecule has 0 unspecified atom stereocenters. The summed E-state index contributed by atoms with van der Waals surface area (Å²) in [5.74, 6) is 3.84. The molecule has 0 bridgehead atoms. The first-order chi connectivity index (χ1) is 14.2. The minimum Gasteiger partial charge on any atom is -0.0625 e. The topological polar surface area (TPSA) is 0 Å². The van der Waals surface area contributed by atoms with Crippen molar-refractivity contribution in [3.05, 3.63) is 46.0 Å². The van der Waals surface area contributed by atoms with Crippen LogP contribution in [-0.4, -0.2) is 0 Å². The number of fused-ring (bicyclic) bond motifs is 1. The average Bonchev–Trinajstić information content (AvgIpc) is 2.72. The Labute approximate surface area is 185 Å². The molecule has 0 atom stereocenters. The number of benzene rings is 2. The first-order valence-corrected chi connectivity index (χ1v) is 12.7. The van der Waals surface area contributed by atoms with Gasteiger partial charge in [0.15, 0.2) is 0 Å². The first kappa shape index (κ1) is 21.9. The summed E-state index contributed by atoms with van der Waals surface area (Å²) in [5, 5.41) is 2.93. The first-order valence-electron chi connectivity index (χ1n) is 12.7. The number of aryl methyl sites for hydroxylation is 3. The molecule has 30 heavy (non-hydrogen) atoms. The lowest BCUT2D eigenvalue weighted by Gasteiger charge is -2.43. The minimum atomic E-state index is 0.262. The molecule has 164 valence electrons. The van der Waals surface area contributed by atoms with Gasteiger partial charge in [-0.15, -0.1) is 0 Å². The van der Waals surface area contributed by atoms with Crippen LogP contribution in [0.25, 0.3) is 10.8 Å². The maximum absolute atomic E-state index is 2.52. The van der Waals surface area contributed by atoms with Gasteiger partial charge < -0.3 is 0 Å². The zero-order valence-electron chi connectivity index (χ0n) is 20.7. The van der Waals surface area contributed by atoms with Gasteiger partial charge in [-0.2, -0.15) is 0 Å². The van der Waals surface area contributed by atoms with E-state index in [1.807, 2.05) is 0 Å². The Morgan fingerprint density at radius 3 is 1.83 bits per heavy atom. The highest BCUT2D eigenvalue weighted by Gasteiger charge is 2.37. The normalized spacial score (nSPS) is 28.1. The van der Waals surface area contributed by atoms with Gasteiger partial charge in [-0.3, -0.25) is 0 Å². The van der Waals surface area contributed by atoms with Gasteiger partial charge in [-0.25, -0.2) is 0 Å². The molecule has 0 saturated heterocycles. The van der Waals surface area contributed by atoms with Gasteiger partial charge in [-0.1, -0.05) is 51.8 Å². The lowest BCUT2D eigenvalue weighted by Crippen LogP contribution is -2.34. The largest absolute Gasteiger partial charge is 0.0625 e. The van der Waals surface area contributed by atoms with Crippen LogP contribution in [0.2, 0.25) is 0 Å². The molecule has 2 aromatic carbocycles. The molecule has 4 rings (SSSR count). The molecule has 0 radical (unpaired) electrons. The molecule has 2 saturated carbocycles. The van der Waals surface area contributed by atoms with Crippen molar-refractivity contribution in [3.8, 4) is 0 Å². The molecule has 0 spiro atoms. The van der Waals surface area contributed by atoms with Gasteiger partial charge in [0, 0.05) is 0 Å². The fourth-order valence-electron chi connectivity index (χ4n) is 6.94. The highest BCUT2D eigenvalue weighted by atomic mass is 14.4. The zero-order chi connectivity index (χ0) is 21.6. The molecule has 2 aliphatic carbocycles. The van der Waals surface area contributed by atoms with E-state index in [4.69, 9.17) is 0 Å². The fraction of sp³-hybridized carbons (Fsp3) is 0.667. The summed E-state index contributed by atoms with van der Waals surface area (Å²) >= 11 is 0. The van der Waals surface area contributed by atoms with E-state index < -0.39 is 0 Å². The van der Waals surface area contributed by atoms with Crippen LogP contribution in [0, 0.1) is 51.4 Å². The van der Waals surface area contributed by atoms with Crippen molar-refractivity contribution in [1.29, 1.82) is 0 Å². The van der Waals surface area contributed by atoms with E-state index in [9.17, 15) is 0 Å². The summed E-state index contributed by atoms with van der Waals surface area (Å²) in [6.45, 7) is 16.7. The smallest absolute Gasteiger partial charge is 0.00750 e. The van der Waals surface area contributed by atoms with Crippen molar-refractivity contribution >= 4 is 10.8 Å². The average molecular weight is 405 g/mol. The zero-order valence-corrected chi connectivity index (χ0v) is 20.7. The highest BCUT2D eigenvalue weighted by molar-refractivity contribution is 5.91. The lowest BCUT2D eigenvalue weighted by atomic mass is 9.62. The van der Waals surface area contributed by atoms with Crippen LogP contribution >= 0.6 is 0 Å². The molecule has 0 heteroatoms. The minimum absolute atomic E-state index is 0.262. The maximum Gasteiger partial charge on any atom is -0.00750 e. The van der Waals surface area contributed by atoms with Gasteiger partial charge in [0.05, 0.1) is 0 Å². The van der Waals surface area contributed by atoms with Crippen molar-refractivity contribution in [2.75, 3.05) is 0 Å². The van der Waals surface area contributed by atoms with Crippen molar-refractivity contribution in [1.82, 2.24) is 0 Å². The summed E-state index contributed by atoms with van der Waals surface area (Å²) in [6, 6.07) is 7.46. The molecule has 2 fully saturated rings. The molecule has 0 aromatic heterocycles. The molecule has 0 N–H and O–H groups in total. The number of hydrogen-bond donors (Lipinski definition) is 0. The third-order valence-corrected chi connectivity index (χ3v) is 9.53. The summed E-state index contributed by atoms with van der Waals surface area (Å²) < 4.78 is 0. The Hall–Kier alpha value is -1.30. The second-order valence-electron chi connectivity index (χ2n) is 11.7. The Bertz CT molecular complexity index is 900. The molecule has 2 aliphatic rings. The van der Waals surface area contributed by atoms with Crippen LogP contribution in [0.15, 0.2) is 18.2 Å². The maximum atomic E-state index is 2.52. The molecule has 0 amide bonds. The van der Waals surface area contributed by atoms with Crippen LogP contribution in [0.4, 0.5) is 0 Å². The second kappa shape index (κ2) is 8.33. The Morgan fingerprint density at radius 2 is 1.23 bits per heavy atom. The van der Waals surface area contributed by atoms with E-state index in [0.717, 1.165) is 23.7 Å². The van der Waals surface area contributed by atoms with Gasteiger partial charge in [-0.05, 0) is 134 Å². The van der Waals surface area contributed by atoms with Crippen LogP contribution in [0.5, 0.6) is 0 Å². The SMILES string of the molecule is Cc1cc2cc(C(C)(C)C3CCC(C4CCC(C)CC4)CC3)cc(C)c2c(C)c1C. The standard InChI is InChI=1S/C30H44/c1-19-8-10-24(11-9-19)25-12-14-27(15-13-25)30(6,7)28-17-21(3)29-23(5)22(4)20(2)16-26(29)18-28/h16-19,24-25,27H,8-15H2,1-7H3. The van der Waals surface area contributed by atoms with E-state index in [0.29, 0.717) is 0 Å². The van der Waals surface area contributed by atoms with E-state index >= 15 is 0 Å². The van der Waals surface area contributed by atoms with Crippen molar-refractivity contribution in [2.45, 2.75) is 105 Å². The van der Waals surface area contributed by atoms with E-state index in [-0.39, 0.29) is 5.41 Å². The number of hydrogen-bond acceptors (Lipinski definition) is 0. The summed E-state index contributed by atoms with van der Waals surface area (Å²) in [5.41, 5.74) is 7.63. The van der Waals surface area contributed by atoms with E-state index in [1.54, 1.807) is 5.56 Å². The van der Waals surface area contributed by atoms with Gasteiger partial charge in [0.1, 0.15) is 0 Å². The van der Waals surface area contributed by atoms with Gasteiger partial charge >= 0.3 is 0 Å². The van der Waals surface area contributed by atoms with Crippen molar-refractivity contribution < 1.29 is 0 Å². The van der Waals surface area contributed by atoms with Crippen molar-refractivity contribution in [2.24, 2.45) is 23.7 Å².